The van der Waals surface area contributed by atoms with Crippen LogP contribution in [0, 0.1) is 10.1 Å². The van der Waals surface area contributed by atoms with E-state index in [0.29, 0.717) is 0 Å². The smallest absolute Gasteiger partial charge is 0.325 e. The minimum Gasteiger partial charge on any atom is -0.468 e. The molecule has 1 aliphatic rings. The van der Waals surface area contributed by atoms with Gasteiger partial charge in [0.05, 0.1) is 22.9 Å². The van der Waals surface area contributed by atoms with Crippen LogP contribution in [0.3, 0.4) is 0 Å². The van der Waals surface area contributed by atoms with Crippen LogP contribution in [0.2, 0.25) is 0 Å². The molecule has 1 heterocycles. The molecule has 1 aromatic rings. The first kappa shape index (κ1) is 13.9. The van der Waals surface area contributed by atoms with E-state index in [4.69, 9.17) is 0 Å². The Bertz CT molecular complexity index is 493. The molecule has 8 heteroatoms. The molecule has 102 valence electrons. The Balaban J connectivity index is 2.15. The molecule has 3 atom stereocenters. The number of methoxy groups -OCH3 is 1. The summed E-state index contributed by atoms with van der Waals surface area (Å²) in [4.78, 5) is 21.4. The fraction of sp³-hybridized carbons (Fsp3) is 0.364. The number of nitrogens with one attached hydrogen (secondary N) is 2. The van der Waals surface area contributed by atoms with Crippen molar-refractivity contribution in [3.8, 4) is 0 Å². The van der Waals surface area contributed by atoms with E-state index >= 15 is 0 Å². The molecule has 0 aliphatic carbocycles. The van der Waals surface area contributed by atoms with Crippen molar-refractivity contribution < 1.29 is 14.5 Å². The van der Waals surface area contributed by atoms with Gasteiger partial charge in [0.2, 0.25) is 0 Å². The minimum absolute atomic E-state index is 0.0327. The van der Waals surface area contributed by atoms with Gasteiger partial charge in [0, 0.05) is 12.1 Å². The maximum absolute atomic E-state index is 11.5. The lowest BCUT2D eigenvalue weighted by molar-refractivity contribution is -0.384. The number of hydrogen-bond donors (Lipinski definition) is 2. The van der Waals surface area contributed by atoms with E-state index in [2.05, 4.69) is 31.5 Å². The standard InChI is InChI=1S/C11H12BrN3O4/c1-19-11(16)10-8(12)9(13-14-10)6-2-4-7(5-3-6)15(17)18/h2-5,8-10,13-14H,1H3. The molecule has 3 unspecified atom stereocenters. The predicted octanol–water partition coefficient (Wildman–Crippen LogP) is 1.05. The lowest BCUT2D eigenvalue weighted by Gasteiger charge is -2.15. The van der Waals surface area contributed by atoms with E-state index in [0.717, 1.165) is 5.56 Å². The van der Waals surface area contributed by atoms with E-state index in [1.54, 1.807) is 12.1 Å². The summed E-state index contributed by atoms with van der Waals surface area (Å²) < 4.78 is 4.68. The molecule has 0 saturated carbocycles. The summed E-state index contributed by atoms with van der Waals surface area (Å²) in [7, 11) is 1.32. The van der Waals surface area contributed by atoms with Gasteiger partial charge in [-0.05, 0) is 5.56 Å². The van der Waals surface area contributed by atoms with Crippen molar-refractivity contribution in [1.29, 1.82) is 0 Å². The van der Waals surface area contributed by atoms with Crippen LogP contribution in [0.5, 0.6) is 0 Å². The van der Waals surface area contributed by atoms with Gasteiger partial charge in [0.25, 0.3) is 5.69 Å². The van der Waals surface area contributed by atoms with Crippen LogP contribution in [0.1, 0.15) is 11.6 Å². The zero-order chi connectivity index (χ0) is 14.0. The van der Waals surface area contributed by atoms with Crippen molar-refractivity contribution in [1.82, 2.24) is 10.9 Å². The highest BCUT2D eigenvalue weighted by Gasteiger charge is 2.39. The number of carbonyl (C=O) groups is 1. The van der Waals surface area contributed by atoms with Gasteiger partial charge in [0.15, 0.2) is 0 Å². The molecule has 19 heavy (non-hydrogen) atoms. The van der Waals surface area contributed by atoms with Gasteiger partial charge in [-0.3, -0.25) is 14.9 Å². The van der Waals surface area contributed by atoms with Crippen molar-refractivity contribution >= 4 is 27.6 Å². The van der Waals surface area contributed by atoms with E-state index in [9.17, 15) is 14.9 Å². The third-order valence-electron chi connectivity index (χ3n) is 2.95. The molecule has 0 radical (unpaired) electrons. The second-order valence-corrected chi connectivity index (χ2v) is 5.12. The predicted molar refractivity (Wildman–Crippen MR) is 70.6 cm³/mol. The highest BCUT2D eigenvalue weighted by atomic mass is 79.9. The van der Waals surface area contributed by atoms with Gasteiger partial charge in [0.1, 0.15) is 6.04 Å². The lowest BCUT2D eigenvalue weighted by atomic mass is 10.0. The van der Waals surface area contributed by atoms with E-state index < -0.39 is 11.0 Å². The molecule has 1 fully saturated rings. The number of halogens is 1. The third kappa shape index (κ3) is 2.75. The normalized spacial score (nSPS) is 26.1. The maximum Gasteiger partial charge on any atom is 0.325 e. The Labute approximate surface area is 117 Å². The highest BCUT2D eigenvalue weighted by Crippen LogP contribution is 2.30. The fourth-order valence-electron chi connectivity index (χ4n) is 1.92. The number of non-ortho nitro benzene ring substituents is 1. The van der Waals surface area contributed by atoms with Crippen LogP contribution in [0.4, 0.5) is 5.69 Å². The summed E-state index contributed by atoms with van der Waals surface area (Å²) in [6.45, 7) is 0. The summed E-state index contributed by atoms with van der Waals surface area (Å²) in [6.07, 6.45) is 0. The number of hydrogen-bond acceptors (Lipinski definition) is 6. The number of nitro benzene ring substituents is 1. The number of rotatable bonds is 3. The average Bonchev–Trinajstić information content (AvgIpc) is 2.80. The van der Waals surface area contributed by atoms with E-state index in [-0.39, 0.29) is 22.5 Å². The first-order valence-electron chi connectivity index (χ1n) is 5.52. The quantitative estimate of drug-likeness (QED) is 0.372. The van der Waals surface area contributed by atoms with Gasteiger partial charge >= 0.3 is 5.97 Å². The second-order valence-electron chi connectivity index (χ2n) is 4.06. The lowest BCUT2D eigenvalue weighted by Crippen LogP contribution is -2.39. The second kappa shape index (κ2) is 5.64. The van der Waals surface area contributed by atoms with Crippen molar-refractivity contribution in [3.05, 3.63) is 39.9 Å². The number of esters is 1. The zero-order valence-electron chi connectivity index (χ0n) is 10.00. The number of hydrazine groups is 1. The average molecular weight is 330 g/mol. The van der Waals surface area contributed by atoms with E-state index in [1.807, 2.05) is 0 Å². The number of nitro groups is 1. The van der Waals surface area contributed by atoms with Crippen molar-refractivity contribution in [3.63, 3.8) is 0 Å². The Morgan fingerprint density at radius 2 is 2.00 bits per heavy atom. The molecule has 7 nitrogen and oxygen atoms in total. The molecular weight excluding hydrogens is 318 g/mol. The minimum atomic E-state index is -0.509. The monoisotopic (exact) mass is 329 g/mol. The Hall–Kier alpha value is -1.51. The molecule has 1 saturated heterocycles. The molecule has 1 aliphatic heterocycles. The van der Waals surface area contributed by atoms with Gasteiger partial charge in [-0.2, -0.15) is 0 Å². The zero-order valence-corrected chi connectivity index (χ0v) is 11.6. The number of carbonyl (C=O) groups excluding carboxylic acids is 1. The molecule has 2 rings (SSSR count). The molecule has 0 aromatic heterocycles. The molecule has 0 spiro atoms. The van der Waals surface area contributed by atoms with Crippen molar-refractivity contribution in [2.24, 2.45) is 0 Å². The summed E-state index contributed by atoms with van der Waals surface area (Å²) in [6, 6.07) is 5.50. The van der Waals surface area contributed by atoms with Crippen molar-refractivity contribution in [2.45, 2.75) is 16.9 Å². The van der Waals surface area contributed by atoms with Crippen LogP contribution in [-0.2, 0) is 9.53 Å². The molecule has 1 aromatic carbocycles. The van der Waals surface area contributed by atoms with Gasteiger partial charge < -0.3 is 4.74 Å². The number of alkyl halides is 1. The first-order chi connectivity index (χ1) is 9.04. The summed E-state index contributed by atoms with van der Waals surface area (Å²) in [5, 5.41) is 10.6. The summed E-state index contributed by atoms with van der Waals surface area (Å²) >= 11 is 3.44. The largest absolute Gasteiger partial charge is 0.468 e. The van der Waals surface area contributed by atoms with Crippen LogP contribution in [0.25, 0.3) is 0 Å². The number of ether oxygens (including phenoxy) is 1. The molecular formula is C11H12BrN3O4. The Morgan fingerprint density at radius 3 is 2.53 bits per heavy atom. The van der Waals surface area contributed by atoms with Gasteiger partial charge in [-0.25, -0.2) is 10.9 Å². The van der Waals surface area contributed by atoms with Gasteiger partial charge in [-0.1, -0.05) is 28.1 Å². The summed E-state index contributed by atoms with van der Waals surface area (Å²) in [5.41, 5.74) is 6.68. The SMILES string of the molecule is COC(=O)C1NNC(c2ccc([N+](=O)[O-])cc2)C1Br. The molecule has 0 amide bonds. The van der Waals surface area contributed by atoms with Gasteiger partial charge in [-0.15, -0.1) is 0 Å². The Kier molecular flexibility index (Phi) is 4.13. The third-order valence-corrected chi connectivity index (χ3v) is 4.01. The van der Waals surface area contributed by atoms with Crippen LogP contribution >= 0.6 is 15.9 Å². The van der Waals surface area contributed by atoms with Crippen LogP contribution in [0.15, 0.2) is 24.3 Å². The van der Waals surface area contributed by atoms with Crippen LogP contribution < -0.4 is 10.9 Å². The highest BCUT2D eigenvalue weighted by molar-refractivity contribution is 9.09. The number of nitrogens with zero attached hydrogens (tertiary/aromatic N) is 1. The van der Waals surface area contributed by atoms with Crippen molar-refractivity contribution in [2.75, 3.05) is 7.11 Å². The fourth-order valence-corrected chi connectivity index (χ4v) is 2.70. The first-order valence-corrected chi connectivity index (χ1v) is 6.43. The maximum atomic E-state index is 11.5. The molecule has 0 bridgehead atoms. The topological polar surface area (TPSA) is 93.5 Å². The number of benzene rings is 1. The van der Waals surface area contributed by atoms with Crippen LogP contribution in [-0.4, -0.2) is 28.9 Å². The summed E-state index contributed by atoms with van der Waals surface area (Å²) in [5.74, 6) is -0.376. The van der Waals surface area contributed by atoms with E-state index in [1.165, 1.54) is 19.2 Å². The Morgan fingerprint density at radius 1 is 1.37 bits per heavy atom. The molecule has 2 N–H and O–H groups in total.